The number of nitrogens with one attached hydrogen (secondary N) is 1. The van der Waals surface area contributed by atoms with Crippen LogP contribution in [0.5, 0.6) is 0 Å². The standard InChI is InChI=1S/C12H19NO3S2/c1-2-10-6-7-12(17-10)18(15,16)13-11-5-3-4-9(11)8-14/h6-7,9,11,13-14H,2-5,8H2,1H3. The Bertz CT molecular complexity index is 495. The molecule has 0 radical (unpaired) electrons. The van der Waals surface area contributed by atoms with Crippen LogP contribution in [-0.4, -0.2) is 26.2 Å². The van der Waals surface area contributed by atoms with Crippen LogP contribution in [0.3, 0.4) is 0 Å². The molecule has 4 nitrogen and oxygen atoms in total. The molecule has 1 aromatic heterocycles. The zero-order valence-corrected chi connectivity index (χ0v) is 12.1. The molecule has 0 bridgehead atoms. The maximum absolute atomic E-state index is 12.2. The van der Waals surface area contributed by atoms with E-state index in [2.05, 4.69) is 4.72 Å². The van der Waals surface area contributed by atoms with Crippen LogP contribution in [0.1, 0.15) is 31.1 Å². The summed E-state index contributed by atoms with van der Waals surface area (Å²) in [7, 11) is -3.42. The monoisotopic (exact) mass is 289 g/mol. The normalized spacial score (nSPS) is 24.6. The summed E-state index contributed by atoms with van der Waals surface area (Å²) in [6, 6.07) is 3.40. The van der Waals surface area contributed by atoms with E-state index in [0.717, 1.165) is 30.6 Å². The van der Waals surface area contributed by atoms with E-state index in [1.807, 2.05) is 13.0 Å². The Morgan fingerprint density at radius 1 is 1.44 bits per heavy atom. The van der Waals surface area contributed by atoms with Crippen molar-refractivity contribution in [3.63, 3.8) is 0 Å². The van der Waals surface area contributed by atoms with Crippen LogP contribution in [0.15, 0.2) is 16.3 Å². The molecule has 2 atom stereocenters. The van der Waals surface area contributed by atoms with Gasteiger partial charge in [0.1, 0.15) is 4.21 Å². The van der Waals surface area contributed by atoms with Crippen molar-refractivity contribution in [2.45, 2.75) is 42.9 Å². The highest BCUT2D eigenvalue weighted by Gasteiger charge is 2.31. The fourth-order valence-corrected chi connectivity index (χ4v) is 5.01. The van der Waals surface area contributed by atoms with Crippen LogP contribution >= 0.6 is 11.3 Å². The van der Waals surface area contributed by atoms with Gasteiger partial charge in [0, 0.05) is 17.5 Å². The number of thiophene rings is 1. The fraction of sp³-hybridized carbons (Fsp3) is 0.667. The van der Waals surface area contributed by atoms with E-state index in [1.54, 1.807) is 6.07 Å². The first-order valence-electron chi connectivity index (χ1n) is 6.28. The number of rotatable bonds is 5. The fourth-order valence-electron chi connectivity index (χ4n) is 2.36. The lowest BCUT2D eigenvalue weighted by molar-refractivity contribution is 0.213. The second-order valence-electron chi connectivity index (χ2n) is 4.68. The van der Waals surface area contributed by atoms with Crippen LogP contribution in [0, 0.1) is 5.92 Å². The van der Waals surface area contributed by atoms with Crippen molar-refractivity contribution in [2.24, 2.45) is 5.92 Å². The van der Waals surface area contributed by atoms with Gasteiger partial charge in [-0.25, -0.2) is 13.1 Å². The highest BCUT2D eigenvalue weighted by Crippen LogP contribution is 2.28. The average Bonchev–Trinajstić information content (AvgIpc) is 2.96. The van der Waals surface area contributed by atoms with Crippen molar-refractivity contribution in [1.82, 2.24) is 4.72 Å². The molecule has 0 aliphatic heterocycles. The van der Waals surface area contributed by atoms with Gasteiger partial charge in [0.15, 0.2) is 0 Å². The van der Waals surface area contributed by atoms with Crippen molar-refractivity contribution in [3.8, 4) is 0 Å². The second kappa shape index (κ2) is 5.69. The van der Waals surface area contributed by atoms with Gasteiger partial charge >= 0.3 is 0 Å². The molecule has 18 heavy (non-hydrogen) atoms. The van der Waals surface area contributed by atoms with Crippen LogP contribution in [0.25, 0.3) is 0 Å². The van der Waals surface area contributed by atoms with Gasteiger partial charge in [0.25, 0.3) is 0 Å². The number of sulfonamides is 1. The molecule has 1 saturated carbocycles. The average molecular weight is 289 g/mol. The maximum Gasteiger partial charge on any atom is 0.250 e. The van der Waals surface area contributed by atoms with Gasteiger partial charge in [0.05, 0.1) is 0 Å². The highest BCUT2D eigenvalue weighted by atomic mass is 32.2. The van der Waals surface area contributed by atoms with Crippen molar-refractivity contribution in [2.75, 3.05) is 6.61 Å². The summed E-state index contributed by atoms with van der Waals surface area (Å²) < 4.78 is 27.5. The van der Waals surface area contributed by atoms with Gasteiger partial charge in [-0.3, -0.25) is 0 Å². The molecule has 0 spiro atoms. The largest absolute Gasteiger partial charge is 0.396 e. The summed E-state index contributed by atoms with van der Waals surface area (Å²) in [4.78, 5) is 1.07. The minimum Gasteiger partial charge on any atom is -0.396 e. The second-order valence-corrected chi connectivity index (χ2v) is 7.78. The lowest BCUT2D eigenvalue weighted by Gasteiger charge is -2.18. The molecule has 1 aromatic rings. The Morgan fingerprint density at radius 3 is 2.83 bits per heavy atom. The molecule has 1 aliphatic carbocycles. The van der Waals surface area contributed by atoms with Gasteiger partial charge in [-0.2, -0.15) is 0 Å². The summed E-state index contributed by atoms with van der Waals surface area (Å²) in [5.74, 6) is 0.0605. The molecule has 2 N–H and O–H groups in total. The Hall–Kier alpha value is -0.430. The first-order valence-corrected chi connectivity index (χ1v) is 8.58. The van der Waals surface area contributed by atoms with Gasteiger partial charge in [-0.15, -0.1) is 11.3 Å². The quantitative estimate of drug-likeness (QED) is 0.868. The Morgan fingerprint density at radius 2 is 2.22 bits per heavy atom. The number of hydrogen-bond donors (Lipinski definition) is 2. The third kappa shape index (κ3) is 2.93. The van der Waals surface area contributed by atoms with Crippen molar-refractivity contribution >= 4 is 21.4 Å². The van der Waals surface area contributed by atoms with E-state index in [9.17, 15) is 13.5 Å². The highest BCUT2D eigenvalue weighted by molar-refractivity contribution is 7.91. The molecular formula is C12H19NO3S2. The number of aliphatic hydroxyl groups is 1. The summed E-state index contributed by atoms with van der Waals surface area (Å²) in [5.41, 5.74) is 0. The van der Waals surface area contributed by atoms with Crippen LogP contribution in [0.4, 0.5) is 0 Å². The SMILES string of the molecule is CCc1ccc(S(=O)(=O)NC2CCCC2CO)s1. The molecule has 6 heteroatoms. The molecule has 2 rings (SSSR count). The van der Waals surface area contributed by atoms with E-state index < -0.39 is 10.0 Å². The first-order chi connectivity index (χ1) is 8.56. The Labute approximate surface area is 112 Å². The third-order valence-electron chi connectivity index (χ3n) is 3.45. The van der Waals surface area contributed by atoms with Crippen molar-refractivity contribution < 1.29 is 13.5 Å². The van der Waals surface area contributed by atoms with Crippen LogP contribution in [0.2, 0.25) is 0 Å². The molecule has 102 valence electrons. The third-order valence-corrected chi connectivity index (χ3v) is 6.66. The van der Waals surface area contributed by atoms with Crippen LogP contribution in [-0.2, 0) is 16.4 Å². The molecule has 0 amide bonds. The van der Waals surface area contributed by atoms with Gasteiger partial charge in [0.2, 0.25) is 10.0 Å². The summed E-state index contributed by atoms with van der Waals surface area (Å²) in [6.45, 7) is 2.06. The minimum atomic E-state index is -3.42. The molecule has 0 saturated heterocycles. The first kappa shape index (κ1) is 14.0. The predicted molar refractivity (Wildman–Crippen MR) is 72.2 cm³/mol. The van der Waals surface area contributed by atoms with E-state index in [1.165, 1.54) is 11.3 Å². The lowest BCUT2D eigenvalue weighted by Crippen LogP contribution is -2.38. The molecule has 0 aromatic carbocycles. The van der Waals surface area contributed by atoms with Gasteiger partial charge in [-0.05, 0) is 37.3 Å². The van der Waals surface area contributed by atoms with E-state index in [-0.39, 0.29) is 18.6 Å². The van der Waals surface area contributed by atoms with Gasteiger partial charge < -0.3 is 5.11 Å². The molecular weight excluding hydrogens is 270 g/mol. The van der Waals surface area contributed by atoms with Gasteiger partial charge in [-0.1, -0.05) is 13.3 Å². The lowest BCUT2D eigenvalue weighted by atomic mass is 10.1. The van der Waals surface area contributed by atoms with E-state index in [0.29, 0.717) is 4.21 Å². The predicted octanol–water partition coefficient (Wildman–Crippen LogP) is 1.75. The number of aliphatic hydroxyl groups excluding tert-OH is 1. The minimum absolute atomic E-state index is 0.0534. The summed E-state index contributed by atoms with van der Waals surface area (Å²) in [5, 5.41) is 9.21. The molecule has 1 fully saturated rings. The zero-order valence-electron chi connectivity index (χ0n) is 10.4. The number of aryl methyl sites for hydroxylation is 1. The smallest absolute Gasteiger partial charge is 0.250 e. The van der Waals surface area contributed by atoms with E-state index in [4.69, 9.17) is 0 Å². The molecule has 1 heterocycles. The van der Waals surface area contributed by atoms with E-state index >= 15 is 0 Å². The van der Waals surface area contributed by atoms with Crippen molar-refractivity contribution in [3.05, 3.63) is 17.0 Å². The molecule has 2 unspecified atom stereocenters. The summed E-state index contributed by atoms with van der Waals surface area (Å²) in [6.07, 6.45) is 3.54. The van der Waals surface area contributed by atoms with Crippen LogP contribution < -0.4 is 4.72 Å². The Kier molecular flexibility index (Phi) is 4.42. The Balaban J connectivity index is 2.11. The number of hydrogen-bond acceptors (Lipinski definition) is 4. The van der Waals surface area contributed by atoms with Crippen molar-refractivity contribution in [1.29, 1.82) is 0 Å². The summed E-state index contributed by atoms with van der Waals surface area (Å²) >= 11 is 1.32. The maximum atomic E-state index is 12.2. The molecule has 1 aliphatic rings. The topological polar surface area (TPSA) is 66.4 Å². The zero-order chi connectivity index (χ0) is 13.2.